The quantitative estimate of drug-likeness (QED) is 0.742. The van der Waals surface area contributed by atoms with Gasteiger partial charge in [0.05, 0.1) is 12.2 Å². The van der Waals surface area contributed by atoms with E-state index in [2.05, 4.69) is 39.9 Å². The molecule has 1 rings (SSSR count). The minimum atomic E-state index is 0.384. The third-order valence-electron chi connectivity index (χ3n) is 4.40. The molecule has 1 saturated carbocycles. The average molecular weight is 255 g/mol. The van der Waals surface area contributed by atoms with E-state index in [4.69, 9.17) is 4.74 Å². The summed E-state index contributed by atoms with van der Waals surface area (Å²) in [4.78, 5) is 0. The SMILES string of the molecule is CCCNC(C)CC(C)OC1CCC(C)C(C)C1. The number of hydrogen-bond donors (Lipinski definition) is 1. The van der Waals surface area contributed by atoms with Gasteiger partial charge in [-0.25, -0.2) is 0 Å². The summed E-state index contributed by atoms with van der Waals surface area (Å²) in [5.74, 6) is 1.71. The van der Waals surface area contributed by atoms with Crippen LogP contribution in [0.1, 0.15) is 66.7 Å². The van der Waals surface area contributed by atoms with Crippen molar-refractivity contribution in [3.05, 3.63) is 0 Å². The van der Waals surface area contributed by atoms with Crippen LogP contribution in [0.2, 0.25) is 0 Å². The Hall–Kier alpha value is -0.0800. The predicted octanol–water partition coefficient (Wildman–Crippen LogP) is 3.99. The molecule has 0 aromatic carbocycles. The van der Waals surface area contributed by atoms with Crippen LogP contribution in [0, 0.1) is 11.8 Å². The lowest BCUT2D eigenvalue weighted by atomic mass is 9.80. The zero-order valence-corrected chi connectivity index (χ0v) is 13.0. The van der Waals surface area contributed by atoms with E-state index in [0.717, 1.165) is 24.8 Å². The maximum absolute atomic E-state index is 6.22. The van der Waals surface area contributed by atoms with Crippen molar-refractivity contribution in [2.75, 3.05) is 6.54 Å². The summed E-state index contributed by atoms with van der Waals surface area (Å²) in [7, 11) is 0. The van der Waals surface area contributed by atoms with Gasteiger partial charge in [0.25, 0.3) is 0 Å². The van der Waals surface area contributed by atoms with Crippen LogP contribution < -0.4 is 5.32 Å². The van der Waals surface area contributed by atoms with E-state index in [1.807, 2.05) is 0 Å². The summed E-state index contributed by atoms with van der Waals surface area (Å²) in [6, 6.07) is 0.569. The maximum atomic E-state index is 6.22. The Morgan fingerprint density at radius 3 is 2.50 bits per heavy atom. The molecule has 0 aromatic rings. The fourth-order valence-electron chi connectivity index (χ4n) is 2.98. The van der Waals surface area contributed by atoms with E-state index in [1.165, 1.54) is 25.7 Å². The molecule has 0 aromatic heterocycles. The molecule has 5 unspecified atom stereocenters. The van der Waals surface area contributed by atoms with Gasteiger partial charge in [-0.05, 0) is 64.3 Å². The van der Waals surface area contributed by atoms with Gasteiger partial charge in [-0.2, -0.15) is 0 Å². The van der Waals surface area contributed by atoms with Crippen LogP contribution in [0.3, 0.4) is 0 Å². The van der Waals surface area contributed by atoms with Gasteiger partial charge < -0.3 is 10.1 Å². The first-order chi connectivity index (χ1) is 8.52. The monoisotopic (exact) mass is 255 g/mol. The second-order valence-corrected chi connectivity index (χ2v) is 6.43. The normalized spacial score (nSPS) is 32.2. The van der Waals surface area contributed by atoms with Gasteiger partial charge in [-0.15, -0.1) is 0 Å². The lowest BCUT2D eigenvalue weighted by Crippen LogP contribution is -2.34. The van der Waals surface area contributed by atoms with Gasteiger partial charge in [0.1, 0.15) is 0 Å². The molecule has 1 aliphatic carbocycles. The van der Waals surface area contributed by atoms with Crippen molar-refractivity contribution >= 4 is 0 Å². The fraction of sp³-hybridized carbons (Fsp3) is 1.00. The van der Waals surface area contributed by atoms with Crippen molar-refractivity contribution in [2.45, 2.75) is 85.0 Å². The highest BCUT2D eigenvalue weighted by Gasteiger charge is 2.26. The van der Waals surface area contributed by atoms with Crippen LogP contribution in [0.5, 0.6) is 0 Å². The summed E-state index contributed by atoms with van der Waals surface area (Å²) in [6.45, 7) is 12.6. The molecule has 108 valence electrons. The Morgan fingerprint density at radius 1 is 1.17 bits per heavy atom. The largest absolute Gasteiger partial charge is 0.375 e. The minimum Gasteiger partial charge on any atom is -0.375 e. The molecule has 1 aliphatic rings. The molecule has 2 heteroatoms. The van der Waals surface area contributed by atoms with Crippen LogP contribution in [0.4, 0.5) is 0 Å². The highest BCUT2D eigenvalue weighted by atomic mass is 16.5. The summed E-state index contributed by atoms with van der Waals surface area (Å²) in [5, 5.41) is 3.54. The molecule has 1 N–H and O–H groups in total. The second kappa shape index (κ2) is 8.16. The molecular formula is C16H33NO. The van der Waals surface area contributed by atoms with E-state index in [1.54, 1.807) is 0 Å². The summed E-state index contributed by atoms with van der Waals surface area (Å²) in [6.07, 6.45) is 7.06. The smallest absolute Gasteiger partial charge is 0.0581 e. The summed E-state index contributed by atoms with van der Waals surface area (Å²) >= 11 is 0. The predicted molar refractivity (Wildman–Crippen MR) is 78.9 cm³/mol. The Balaban J connectivity index is 2.21. The zero-order valence-electron chi connectivity index (χ0n) is 13.0. The molecule has 1 fully saturated rings. The Morgan fingerprint density at radius 2 is 1.89 bits per heavy atom. The van der Waals surface area contributed by atoms with Gasteiger partial charge in [-0.1, -0.05) is 20.8 Å². The topological polar surface area (TPSA) is 21.3 Å². The zero-order chi connectivity index (χ0) is 13.5. The van der Waals surface area contributed by atoms with Gasteiger partial charge in [-0.3, -0.25) is 0 Å². The van der Waals surface area contributed by atoms with E-state index in [-0.39, 0.29) is 0 Å². The van der Waals surface area contributed by atoms with Crippen molar-refractivity contribution in [3.63, 3.8) is 0 Å². The minimum absolute atomic E-state index is 0.384. The molecular weight excluding hydrogens is 222 g/mol. The van der Waals surface area contributed by atoms with Gasteiger partial charge >= 0.3 is 0 Å². The summed E-state index contributed by atoms with van der Waals surface area (Å²) < 4.78 is 6.22. The molecule has 0 bridgehead atoms. The van der Waals surface area contributed by atoms with Crippen LogP contribution >= 0.6 is 0 Å². The van der Waals surface area contributed by atoms with Crippen molar-refractivity contribution < 1.29 is 4.74 Å². The van der Waals surface area contributed by atoms with E-state index in [0.29, 0.717) is 18.2 Å². The van der Waals surface area contributed by atoms with Crippen molar-refractivity contribution in [1.82, 2.24) is 5.32 Å². The average Bonchev–Trinajstić information content (AvgIpc) is 2.31. The fourth-order valence-corrected chi connectivity index (χ4v) is 2.98. The highest BCUT2D eigenvalue weighted by molar-refractivity contribution is 4.77. The number of ether oxygens (including phenoxy) is 1. The molecule has 0 amide bonds. The van der Waals surface area contributed by atoms with Crippen LogP contribution in [0.25, 0.3) is 0 Å². The van der Waals surface area contributed by atoms with Gasteiger partial charge in [0.15, 0.2) is 0 Å². The number of rotatable bonds is 7. The van der Waals surface area contributed by atoms with Gasteiger partial charge in [0, 0.05) is 6.04 Å². The van der Waals surface area contributed by atoms with Crippen molar-refractivity contribution in [3.8, 4) is 0 Å². The lowest BCUT2D eigenvalue weighted by Gasteiger charge is -2.34. The summed E-state index contributed by atoms with van der Waals surface area (Å²) in [5.41, 5.74) is 0. The first-order valence-electron chi connectivity index (χ1n) is 7.91. The van der Waals surface area contributed by atoms with E-state index in [9.17, 15) is 0 Å². The Bertz CT molecular complexity index is 219. The number of hydrogen-bond acceptors (Lipinski definition) is 2. The first-order valence-corrected chi connectivity index (χ1v) is 7.91. The molecule has 0 radical (unpaired) electrons. The maximum Gasteiger partial charge on any atom is 0.0581 e. The van der Waals surface area contributed by atoms with Crippen LogP contribution in [0.15, 0.2) is 0 Å². The first kappa shape index (κ1) is 16.0. The molecule has 0 heterocycles. The molecule has 0 saturated heterocycles. The Kier molecular flexibility index (Phi) is 7.25. The molecule has 2 nitrogen and oxygen atoms in total. The molecule has 5 atom stereocenters. The van der Waals surface area contributed by atoms with E-state index >= 15 is 0 Å². The molecule has 18 heavy (non-hydrogen) atoms. The number of nitrogens with one attached hydrogen (secondary N) is 1. The Labute approximate surface area is 114 Å². The van der Waals surface area contributed by atoms with E-state index < -0.39 is 0 Å². The molecule has 0 aliphatic heterocycles. The lowest BCUT2D eigenvalue weighted by molar-refractivity contribution is -0.0449. The third kappa shape index (κ3) is 5.71. The highest BCUT2D eigenvalue weighted by Crippen LogP contribution is 2.31. The third-order valence-corrected chi connectivity index (χ3v) is 4.40. The van der Waals surface area contributed by atoms with Gasteiger partial charge in [0.2, 0.25) is 0 Å². The van der Waals surface area contributed by atoms with Crippen LogP contribution in [-0.4, -0.2) is 24.8 Å². The van der Waals surface area contributed by atoms with Crippen molar-refractivity contribution in [1.29, 1.82) is 0 Å². The van der Waals surface area contributed by atoms with Crippen LogP contribution in [-0.2, 0) is 4.74 Å². The standard InChI is InChI=1S/C16H33NO/c1-6-9-17-14(4)11-15(5)18-16-8-7-12(2)13(3)10-16/h12-17H,6-11H2,1-5H3. The second-order valence-electron chi connectivity index (χ2n) is 6.43. The molecule has 0 spiro atoms. The van der Waals surface area contributed by atoms with Crippen molar-refractivity contribution in [2.24, 2.45) is 11.8 Å².